The molecule has 124 valence electrons. The maximum Gasteiger partial charge on any atom is 0.293 e. The maximum atomic E-state index is 5.82. The molecule has 0 aliphatic heterocycles. The summed E-state index contributed by atoms with van der Waals surface area (Å²) < 4.78 is 16.3. The van der Waals surface area contributed by atoms with E-state index in [1.165, 1.54) is 5.56 Å². The van der Waals surface area contributed by atoms with Gasteiger partial charge in [0.15, 0.2) is 5.76 Å². The lowest BCUT2D eigenvalue weighted by Crippen LogP contribution is -1.95. The fourth-order valence-corrected chi connectivity index (χ4v) is 2.51. The Hall–Kier alpha value is -3.34. The van der Waals surface area contributed by atoms with Gasteiger partial charge in [0.25, 0.3) is 5.89 Å². The number of furan rings is 1. The molecule has 5 heteroatoms. The molecule has 0 atom stereocenters. The minimum Gasteiger partial charge on any atom is -0.489 e. The highest BCUT2D eigenvalue weighted by atomic mass is 16.5. The van der Waals surface area contributed by atoms with E-state index in [0.29, 0.717) is 24.1 Å². The Morgan fingerprint density at radius 3 is 2.64 bits per heavy atom. The number of aromatic nitrogens is 2. The molecule has 0 unspecified atom stereocenters. The average molecular weight is 332 g/mol. The molecule has 4 aromatic rings. The van der Waals surface area contributed by atoms with Crippen molar-refractivity contribution in [2.45, 2.75) is 13.5 Å². The maximum absolute atomic E-state index is 5.82. The second-order valence-corrected chi connectivity index (χ2v) is 5.70. The van der Waals surface area contributed by atoms with Crippen molar-refractivity contribution in [2.75, 3.05) is 0 Å². The Morgan fingerprint density at radius 1 is 1.00 bits per heavy atom. The molecule has 0 aliphatic rings. The first-order valence-electron chi connectivity index (χ1n) is 7.94. The van der Waals surface area contributed by atoms with Gasteiger partial charge in [0.05, 0.1) is 6.26 Å². The summed E-state index contributed by atoms with van der Waals surface area (Å²) in [5, 5.41) is 3.99. The normalized spacial score (nSPS) is 10.8. The van der Waals surface area contributed by atoms with Crippen LogP contribution in [-0.4, -0.2) is 10.1 Å². The van der Waals surface area contributed by atoms with Gasteiger partial charge in [-0.2, -0.15) is 4.98 Å². The zero-order valence-electron chi connectivity index (χ0n) is 13.7. The van der Waals surface area contributed by atoms with Crippen LogP contribution in [0.3, 0.4) is 0 Å². The van der Waals surface area contributed by atoms with Crippen LogP contribution in [0, 0.1) is 6.92 Å². The van der Waals surface area contributed by atoms with Crippen molar-refractivity contribution in [3.8, 4) is 28.8 Å². The van der Waals surface area contributed by atoms with Crippen LogP contribution in [0.1, 0.15) is 11.1 Å². The lowest BCUT2D eigenvalue weighted by atomic mass is 10.1. The van der Waals surface area contributed by atoms with Crippen LogP contribution in [-0.2, 0) is 6.61 Å². The van der Waals surface area contributed by atoms with Crippen molar-refractivity contribution < 1.29 is 13.7 Å². The van der Waals surface area contributed by atoms with Crippen LogP contribution >= 0.6 is 0 Å². The van der Waals surface area contributed by atoms with E-state index in [9.17, 15) is 0 Å². The van der Waals surface area contributed by atoms with Crippen molar-refractivity contribution in [3.63, 3.8) is 0 Å². The van der Waals surface area contributed by atoms with Crippen LogP contribution < -0.4 is 4.74 Å². The Kier molecular flexibility index (Phi) is 4.04. The second kappa shape index (κ2) is 6.65. The Labute approximate surface area is 144 Å². The van der Waals surface area contributed by atoms with E-state index in [1.54, 1.807) is 18.4 Å². The van der Waals surface area contributed by atoms with Gasteiger partial charge in [-0.3, -0.25) is 0 Å². The third kappa shape index (κ3) is 3.45. The zero-order chi connectivity index (χ0) is 17.1. The molecule has 0 saturated carbocycles. The summed E-state index contributed by atoms with van der Waals surface area (Å²) >= 11 is 0. The first-order chi connectivity index (χ1) is 12.3. The Balaban J connectivity index is 1.45. The standard InChI is InChI=1S/C20H16N2O3/c1-14-4-2-5-15(12-14)13-24-17-9-7-16(8-10-17)19-21-20(25-22-19)18-6-3-11-23-18/h2-12H,13H2,1H3. The summed E-state index contributed by atoms with van der Waals surface area (Å²) in [5.74, 6) is 2.22. The van der Waals surface area contributed by atoms with E-state index in [0.717, 1.165) is 16.9 Å². The van der Waals surface area contributed by atoms with Gasteiger partial charge in [-0.1, -0.05) is 35.0 Å². The average Bonchev–Trinajstić information content (AvgIpc) is 3.32. The fraction of sp³-hybridized carbons (Fsp3) is 0.100. The molecule has 0 saturated heterocycles. The molecule has 0 fully saturated rings. The third-order valence-corrected chi connectivity index (χ3v) is 3.76. The smallest absolute Gasteiger partial charge is 0.293 e. The van der Waals surface area contributed by atoms with Gasteiger partial charge in [-0.25, -0.2) is 0 Å². The van der Waals surface area contributed by atoms with E-state index in [4.69, 9.17) is 13.7 Å². The number of hydrogen-bond donors (Lipinski definition) is 0. The van der Waals surface area contributed by atoms with Crippen molar-refractivity contribution >= 4 is 0 Å². The van der Waals surface area contributed by atoms with Gasteiger partial charge in [0, 0.05) is 5.56 Å². The molecule has 0 aliphatic carbocycles. The second-order valence-electron chi connectivity index (χ2n) is 5.70. The van der Waals surface area contributed by atoms with Crippen LogP contribution in [0.5, 0.6) is 5.75 Å². The van der Waals surface area contributed by atoms with Crippen LogP contribution in [0.25, 0.3) is 23.0 Å². The van der Waals surface area contributed by atoms with Crippen molar-refractivity contribution in [1.82, 2.24) is 10.1 Å². The molecule has 0 radical (unpaired) electrons. The molecule has 0 bridgehead atoms. The largest absolute Gasteiger partial charge is 0.489 e. The van der Waals surface area contributed by atoms with E-state index >= 15 is 0 Å². The number of nitrogens with zero attached hydrogens (tertiary/aromatic N) is 2. The molecule has 0 amide bonds. The molecular weight excluding hydrogens is 316 g/mol. The number of ether oxygens (including phenoxy) is 1. The zero-order valence-corrected chi connectivity index (χ0v) is 13.7. The number of hydrogen-bond acceptors (Lipinski definition) is 5. The highest BCUT2D eigenvalue weighted by Crippen LogP contribution is 2.24. The summed E-state index contributed by atoms with van der Waals surface area (Å²) in [4.78, 5) is 4.34. The SMILES string of the molecule is Cc1cccc(COc2ccc(-c3noc(-c4ccco4)n3)cc2)c1. The quantitative estimate of drug-likeness (QED) is 0.521. The Bertz CT molecular complexity index is 957. The molecule has 2 aromatic heterocycles. The summed E-state index contributed by atoms with van der Waals surface area (Å²) in [7, 11) is 0. The first kappa shape index (κ1) is 15.2. The third-order valence-electron chi connectivity index (χ3n) is 3.76. The predicted octanol–water partition coefficient (Wildman–Crippen LogP) is 4.88. The predicted molar refractivity (Wildman–Crippen MR) is 92.9 cm³/mol. The van der Waals surface area contributed by atoms with Crippen molar-refractivity contribution in [2.24, 2.45) is 0 Å². The van der Waals surface area contributed by atoms with E-state index in [-0.39, 0.29) is 0 Å². The molecule has 0 spiro atoms. The number of rotatable bonds is 5. The van der Waals surface area contributed by atoms with Crippen LogP contribution in [0.4, 0.5) is 0 Å². The minimum atomic E-state index is 0.361. The van der Waals surface area contributed by atoms with Gasteiger partial charge < -0.3 is 13.7 Å². The van der Waals surface area contributed by atoms with Crippen LogP contribution in [0.15, 0.2) is 75.9 Å². The summed E-state index contributed by atoms with van der Waals surface area (Å²) in [5.41, 5.74) is 3.22. The number of aryl methyl sites for hydroxylation is 1. The lowest BCUT2D eigenvalue weighted by molar-refractivity contribution is 0.306. The van der Waals surface area contributed by atoms with E-state index < -0.39 is 0 Å². The van der Waals surface area contributed by atoms with Gasteiger partial charge in [-0.05, 0) is 48.9 Å². The van der Waals surface area contributed by atoms with Gasteiger partial charge in [0.2, 0.25) is 5.82 Å². The summed E-state index contributed by atoms with van der Waals surface area (Å²) in [6.45, 7) is 2.60. The fourth-order valence-electron chi connectivity index (χ4n) is 2.51. The van der Waals surface area contributed by atoms with Gasteiger partial charge in [-0.15, -0.1) is 0 Å². The highest BCUT2D eigenvalue weighted by molar-refractivity contribution is 5.58. The van der Waals surface area contributed by atoms with Gasteiger partial charge >= 0.3 is 0 Å². The molecule has 4 rings (SSSR count). The summed E-state index contributed by atoms with van der Waals surface area (Å²) in [6, 6.07) is 19.4. The van der Waals surface area contributed by atoms with E-state index in [1.807, 2.05) is 30.3 Å². The monoisotopic (exact) mass is 332 g/mol. The first-order valence-corrected chi connectivity index (χ1v) is 7.94. The topological polar surface area (TPSA) is 61.3 Å². The van der Waals surface area contributed by atoms with Gasteiger partial charge in [0.1, 0.15) is 12.4 Å². The molecule has 0 N–H and O–H groups in total. The molecular formula is C20H16N2O3. The molecule has 5 nitrogen and oxygen atoms in total. The highest BCUT2D eigenvalue weighted by Gasteiger charge is 2.12. The van der Waals surface area contributed by atoms with Crippen molar-refractivity contribution in [1.29, 1.82) is 0 Å². The van der Waals surface area contributed by atoms with Crippen molar-refractivity contribution in [3.05, 3.63) is 78.1 Å². The lowest BCUT2D eigenvalue weighted by Gasteiger charge is -2.07. The molecule has 2 aromatic carbocycles. The number of benzene rings is 2. The van der Waals surface area contributed by atoms with E-state index in [2.05, 4.69) is 35.3 Å². The molecule has 2 heterocycles. The van der Waals surface area contributed by atoms with Crippen LogP contribution in [0.2, 0.25) is 0 Å². The molecule has 25 heavy (non-hydrogen) atoms. The Morgan fingerprint density at radius 2 is 1.88 bits per heavy atom. The summed E-state index contributed by atoms with van der Waals surface area (Å²) in [6.07, 6.45) is 1.57. The minimum absolute atomic E-state index is 0.361.